The molecule has 74 valence electrons. The zero-order valence-electron chi connectivity index (χ0n) is 7.59. The van der Waals surface area contributed by atoms with Gasteiger partial charge < -0.3 is 0 Å². The van der Waals surface area contributed by atoms with Gasteiger partial charge in [0, 0.05) is 17.3 Å². The van der Waals surface area contributed by atoms with Gasteiger partial charge in [0.05, 0.1) is 0 Å². The molecule has 1 aromatic rings. The van der Waals surface area contributed by atoms with E-state index in [0.717, 1.165) is 4.47 Å². The van der Waals surface area contributed by atoms with E-state index in [1.54, 1.807) is 12.1 Å². The first-order valence-corrected chi connectivity index (χ1v) is 4.99. The monoisotopic (exact) mass is 256 g/mol. The van der Waals surface area contributed by atoms with Gasteiger partial charge in [0.1, 0.15) is 11.6 Å². The number of allylic oxidation sites excluding steroid dienone is 1. The average Bonchev–Trinajstić information content (AvgIpc) is 2.12. The van der Waals surface area contributed by atoms with Crippen molar-refractivity contribution in [2.45, 2.75) is 12.8 Å². The molecule has 14 heavy (non-hydrogen) atoms. The molecule has 1 nitrogen and oxygen atoms in total. The highest BCUT2D eigenvalue weighted by Gasteiger charge is 2.07. The zero-order chi connectivity index (χ0) is 10.6. The summed E-state index contributed by atoms with van der Waals surface area (Å²) in [5.41, 5.74) is 0.422. The molecule has 0 aromatic heterocycles. The van der Waals surface area contributed by atoms with Crippen LogP contribution in [0.5, 0.6) is 0 Å². The number of rotatable bonds is 4. The summed E-state index contributed by atoms with van der Waals surface area (Å²) in [7, 11) is 0. The molecule has 0 aliphatic rings. The standard InChI is InChI=1S/C11H10BrFO/c1-2-3-10(14)7-8-6-9(12)4-5-11(8)13/h2,4-6H,1,3,7H2. The Kier molecular flexibility index (Phi) is 4.01. The van der Waals surface area contributed by atoms with Crippen molar-refractivity contribution in [1.29, 1.82) is 0 Å². The molecule has 0 atom stereocenters. The largest absolute Gasteiger partial charge is 0.299 e. The minimum absolute atomic E-state index is 0.0306. The molecule has 0 saturated heterocycles. The summed E-state index contributed by atoms with van der Waals surface area (Å²) >= 11 is 3.23. The van der Waals surface area contributed by atoms with E-state index >= 15 is 0 Å². The van der Waals surface area contributed by atoms with Crippen LogP contribution in [0.1, 0.15) is 12.0 Å². The molecular formula is C11H10BrFO. The second-order valence-corrected chi connectivity index (χ2v) is 3.86. The summed E-state index contributed by atoms with van der Waals surface area (Å²) in [5.74, 6) is -0.373. The fraction of sp³-hybridized carbons (Fsp3) is 0.182. The van der Waals surface area contributed by atoms with Gasteiger partial charge in [-0.25, -0.2) is 4.39 Å². The molecule has 3 heteroatoms. The van der Waals surface area contributed by atoms with Crippen LogP contribution in [-0.2, 0) is 11.2 Å². The van der Waals surface area contributed by atoms with Gasteiger partial charge in [-0.1, -0.05) is 22.0 Å². The molecule has 0 unspecified atom stereocenters. The third kappa shape index (κ3) is 3.07. The van der Waals surface area contributed by atoms with Crippen molar-refractivity contribution in [1.82, 2.24) is 0 Å². The predicted octanol–water partition coefficient (Wildman–Crippen LogP) is 3.28. The molecule has 1 aromatic carbocycles. The Morgan fingerprint density at radius 3 is 2.93 bits per heavy atom. The number of halogens is 2. The second-order valence-electron chi connectivity index (χ2n) is 2.94. The van der Waals surface area contributed by atoms with Gasteiger partial charge in [-0.2, -0.15) is 0 Å². The van der Waals surface area contributed by atoms with Crippen molar-refractivity contribution in [3.05, 3.63) is 46.7 Å². The van der Waals surface area contributed by atoms with Gasteiger partial charge in [0.15, 0.2) is 0 Å². The molecular weight excluding hydrogens is 247 g/mol. The summed E-state index contributed by atoms with van der Waals surface area (Å²) < 4.78 is 13.9. The SMILES string of the molecule is C=CCC(=O)Cc1cc(Br)ccc1F. The Bertz CT molecular complexity index is 360. The van der Waals surface area contributed by atoms with Crippen molar-refractivity contribution in [2.75, 3.05) is 0 Å². The molecule has 0 aliphatic carbocycles. The zero-order valence-corrected chi connectivity index (χ0v) is 9.18. The van der Waals surface area contributed by atoms with Crippen LogP contribution >= 0.6 is 15.9 Å². The van der Waals surface area contributed by atoms with Gasteiger partial charge in [-0.15, -0.1) is 6.58 Å². The lowest BCUT2D eigenvalue weighted by atomic mass is 10.1. The Labute approximate surface area is 90.8 Å². The molecule has 0 bridgehead atoms. The Morgan fingerprint density at radius 2 is 2.29 bits per heavy atom. The lowest BCUT2D eigenvalue weighted by Crippen LogP contribution is -2.02. The molecule has 0 amide bonds. The van der Waals surface area contributed by atoms with E-state index in [-0.39, 0.29) is 24.4 Å². The average molecular weight is 257 g/mol. The van der Waals surface area contributed by atoms with Crippen LogP contribution in [0.3, 0.4) is 0 Å². The number of Topliss-reactive ketones (excluding diaryl/α,β-unsaturated/α-hetero) is 1. The smallest absolute Gasteiger partial charge is 0.141 e. The highest BCUT2D eigenvalue weighted by Crippen LogP contribution is 2.16. The van der Waals surface area contributed by atoms with Crippen molar-refractivity contribution in [3.63, 3.8) is 0 Å². The van der Waals surface area contributed by atoms with Gasteiger partial charge in [0.2, 0.25) is 0 Å². The molecule has 0 spiro atoms. The van der Waals surface area contributed by atoms with E-state index in [1.165, 1.54) is 12.1 Å². The molecule has 0 aliphatic heterocycles. The van der Waals surface area contributed by atoms with Crippen LogP contribution in [0.15, 0.2) is 35.3 Å². The summed E-state index contributed by atoms with van der Waals surface area (Å²) in [4.78, 5) is 11.2. The summed E-state index contributed by atoms with van der Waals surface area (Å²) in [6, 6.07) is 4.58. The predicted molar refractivity (Wildman–Crippen MR) is 57.6 cm³/mol. The normalized spacial score (nSPS) is 9.86. The van der Waals surface area contributed by atoms with Crippen molar-refractivity contribution in [3.8, 4) is 0 Å². The Hall–Kier alpha value is -0.960. The number of benzene rings is 1. The molecule has 0 N–H and O–H groups in total. The highest BCUT2D eigenvalue weighted by molar-refractivity contribution is 9.10. The first kappa shape index (κ1) is 11.1. The first-order valence-electron chi connectivity index (χ1n) is 4.20. The Morgan fingerprint density at radius 1 is 1.57 bits per heavy atom. The highest BCUT2D eigenvalue weighted by atomic mass is 79.9. The lowest BCUT2D eigenvalue weighted by Gasteiger charge is -2.01. The minimum atomic E-state index is -0.342. The number of hydrogen-bond donors (Lipinski definition) is 0. The minimum Gasteiger partial charge on any atom is -0.299 e. The molecule has 0 saturated carbocycles. The fourth-order valence-electron chi connectivity index (χ4n) is 1.12. The summed E-state index contributed by atoms with van der Waals surface area (Å²) in [6.07, 6.45) is 1.93. The second kappa shape index (κ2) is 5.05. The van der Waals surface area contributed by atoms with Crippen LogP contribution in [0.4, 0.5) is 4.39 Å². The molecule has 0 radical (unpaired) electrons. The van der Waals surface area contributed by atoms with E-state index in [2.05, 4.69) is 22.5 Å². The summed E-state index contributed by atoms with van der Waals surface area (Å²) in [6.45, 7) is 3.46. The third-order valence-corrected chi connectivity index (χ3v) is 2.26. The topological polar surface area (TPSA) is 17.1 Å². The molecule has 0 fully saturated rings. The van der Waals surface area contributed by atoms with Crippen LogP contribution in [-0.4, -0.2) is 5.78 Å². The van der Waals surface area contributed by atoms with E-state index in [4.69, 9.17) is 0 Å². The van der Waals surface area contributed by atoms with Crippen LogP contribution in [0, 0.1) is 5.82 Å². The molecule has 1 rings (SSSR count). The maximum Gasteiger partial charge on any atom is 0.141 e. The van der Waals surface area contributed by atoms with Crippen LogP contribution in [0.2, 0.25) is 0 Å². The number of ketones is 1. The van der Waals surface area contributed by atoms with Gasteiger partial charge in [-0.3, -0.25) is 4.79 Å². The van der Waals surface area contributed by atoms with Crippen molar-refractivity contribution in [2.24, 2.45) is 0 Å². The maximum absolute atomic E-state index is 13.2. The van der Waals surface area contributed by atoms with Crippen molar-refractivity contribution >= 4 is 21.7 Å². The first-order chi connectivity index (χ1) is 6.63. The number of carbonyl (C=O) groups is 1. The van der Waals surface area contributed by atoms with Crippen molar-refractivity contribution < 1.29 is 9.18 Å². The third-order valence-electron chi connectivity index (χ3n) is 1.77. The lowest BCUT2D eigenvalue weighted by molar-refractivity contribution is -0.117. The quantitative estimate of drug-likeness (QED) is 0.756. The van der Waals surface area contributed by atoms with E-state index in [0.29, 0.717) is 5.56 Å². The van der Waals surface area contributed by atoms with E-state index in [1.807, 2.05) is 0 Å². The summed E-state index contributed by atoms with van der Waals surface area (Å²) in [5, 5.41) is 0. The molecule has 0 heterocycles. The van der Waals surface area contributed by atoms with Crippen LogP contribution < -0.4 is 0 Å². The Balaban J connectivity index is 2.80. The maximum atomic E-state index is 13.2. The number of hydrogen-bond acceptors (Lipinski definition) is 1. The van der Waals surface area contributed by atoms with E-state index in [9.17, 15) is 9.18 Å². The fourth-order valence-corrected chi connectivity index (χ4v) is 1.53. The van der Waals surface area contributed by atoms with Gasteiger partial charge >= 0.3 is 0 Å². The van der Waals surface area contributed by atoms with Crippen LogP contribution in [0.25, 0.3) is 0 Å². The number of carbonyl (C=O) groups excluding carboxylic acids is 1. The van der Waals surface area contributed by atoms with Gasteiger partial charge in [-0.05, 0) is 23.8 Å². The van der Waals surface area contributed by atoms with E-state index < -0.39 is 0 Å². The van der Waals surface area contributed by atoms with Gasteiger partial charge in [0.25, 0.3) is 0 Å².